The summed E-state index contributed by atoms with van der Waals surface area (Å²) in [6, 6.07) is 10.2. The highest BCUT2D eigenvalue weighted by atomic mass is 16.5. The van der Waals surface area contributed by atoms with Crippen LogP contribution in [-0.4, -0.2) is 41.6 Å². The smallest absolute Gasteiger partial charge is 0.191 e. The SMILES string of the molecule is CCOc1cc2c(cc1CNC(=NC)NCCc1cn3ccccc3n1)OC(C)C2. The quantitative estimate of drug-likeness (QED) is 0.465. The maximum Gasteiger partial charge on any atom is 0.191 e. The van der Waals surface area contributed by atoms with Crippen molar-refractivity contribution in [2.24, 2.45) is 4.99 Å². The normalized spacial score (nSPS) is 15.7. The summed E-state index contributed by atoms with van der Waals surface area (Å²) in [6.07, 6.45) is 6.03. The van der Waals surface area contributed by atoms with Gasteiger partial charge in [-0.05, 0) is 38.1 Å². The monoisotopic (exact) mass is 407 g/mol. The highest BCUT2D eigenvalue weighted by Crippen LogP contribution is 2.35. The van der Waals surface area contributed by atoms with Crippen molar-refractivity contribution in [1.29, 1.82) is 0 Å². The van der Waals surface area contributed by atoms with E-state index in [2.05, 4.69) is 45.9 Å². The molecule has 0 spiro atoms. The van der Waals surface area contributed by atoms with Crippen LogP contribution in [0.25, 0.3) is 5.65 Å². The molecule has 0 fully saturated rings. The first-order valence-electron chi connectivity index (χ1n) is 10.5. The third-order valence-corrected chi connectivity index (χ3v) is 5.14. The predicted octanol–water partition coefficient (Wildman–Crippen LogP) is 2.96. The first-order chi connectivity index (χ1) is 14.7. The lowest BCUT2D eigenvalue weighted by Crippen LogP contribution is -2.38. The molecular weight excluding hydrogens is 378 g/mol. The molecule has 1 aliphatic heterocycles. The van der Waals surface area contributed by atoms with Crippen molar-refractivity contribution in [2.45, 2.75) is 39.3 Å². The summed E-state index contributed by atoms with van der Waals surface area (Å²) in [7, 11) is 1.77. The van der Waals surface area contributed by atoms with Crippen molar-refractivity contribution in [2.75, 3.05) is 20.2 Å². The number of guanidine groups is 1. The molecule has 1 atom stereocenters. The molecule has 0 saturated carbocycles. The number of ether oxygens (including phenoxy) is 2. The van der Waals surface area contributed by atoms with Gasteiger partial charge in [0, 0.05) is 56.5 Å². The number of hydrogen-bond donors (Lipinski definition) is 2. The number of imidazole rings is 1. The standard InChI is InChI=1S/C23H29N5O2/c1-4-29-20-12-17-11-16(2)30-21(17)13-18(20)14-26-23(24-3)25-9-8-19-15-28-10-6-5-7-22(28)27-19/h5-7,10,12-13,15-16H,4,8-9,11,14H2,1-3H3,(H2,24,25,26). The summed E-state index contributed by atoms with van der Waals surface area (Å²) in [5, 5.41) is 6.74. The summed E-state index contributed by atoms with van der Waals surface area (Å²) < 4.78 is 13.8. The van der Waals surface area contributed by atoms with Crippen molar-refractivity contribution < 1.29 is 9.47 Å². The summed E-state index contributed by atoms with van der Waals surface area (Å²) in [5.74, 6) is 2.61. The van der Waals surface area contributed by atoms with E-state index in [0.29, 0.717) is 13.2 Å². The van der Waals surface area contributed by atoms with Crippen molar-refractivity contribution in [3.63, 3.8) is 0 Å². The number of rotatable bonds is 7. The second-order valence-corrected chi connectivity index (χ2v) is 7.43. The Morgan fingerprint density at radius 3 is 3.03 bits per heavy atom. The van der Waals surface area contributed by atoms with Crippen LogP contribution < -0.4 is 20.1 Å². The van der Waals surface area contributed by atoms with Gasteiger partial charge < -0.3 is 24.5 Å². The first kappa shape index (κ1) is 20.1. The number of nitrogens with one attached hydrogen (secondary N) is 2. The van der Waals surface area contributed by atoms with E-state index in [4.69, 9.17) is 9.47 Å². The number of pyridine rings is 1. The molecule has 30 heavy (non-hydrogen) atoms. The van der Waals surface area contributed by atoms with Gasteiger partial charge in [-0.3, -0.25) is 4.99 Å². The van der Waals surface area contributed by atoms with Crippen LogP contribution >= 0.6 is 0 Å². The van der Waals surface area contributed by atoms with E-state index in [1.165, 1.54) is 5.56 Å². The number of aromatic nitrogens is 2. The van der Waals surface area contributed by atoms with Gasteiger partial charge in [0.15, 0.2) is 5.96 Å². The Labute approximate surface area is 177 Å². The van der Waals surface area contributed by atoms with Crippen LogP contribution in [-0.2, 0) is 19.4 Å². The summed E-state index contributed by atoms with van der Waals surface area (Å²) in [6.45, 7) is 6.08. The number of nitrogens with zero attached hydrogens (tertiary/aromatic N) is 3. The van der Waals surface area contributed by atoms with Crippen LogP contribution in [0.5, 0.6) is 11.5 Å². The molecule has 3 heterocycles. The molecular formula is C23H29N5O2. The summed E-state index contributed by atoms with van der Waals surface area (Å²) in [4.78, 5) is 8.97. The Hall–Kier alpha value is -3.22. The molecule has 7 heteroatoms. The molecule has 4 rings (SSSR count). The average molecular weight is 408 g/mol. The average Bonchev–Trinajstić information content (AvgIpc) is 3.32. The molecule has 7 nitrogen and oxygen atoms in total. The fourth-order valence-corrected chi connectivity index (χ4v) is 3.73. The van der Waals surface area contributed by atoms with Crippen LogP contribution in [0.2, 0.25) is 0 Å². The zero-order chi connectivity index (χ0) is 20.9. The maximum atomic E-state index is 5.91. The first-order valence-corrected chi connectivity index (χ1v) is 10.5. The maximum absolute atomic E-state index is 5.91. The van der Waals surface area contributed by atoms with E-state index in [1.54, 1.807) is 7.05 Å². The second-order valence-electron chi connectivity index (χ2n) is 7.43. The minimum absolute atomic E-state index is 0.215. The Bertz CT molecular complexity index is 1010. The van der Waals surface area contributed by atoms with Crippen LogP contribution in [0.1, 0.15) is 30.7 Å². The van der Waals surface area contributed by atoms with Crippen LogP contribution in [0.4, 0.5) is 0 Å². The van der Waals surface area contributed by atoms with Gasteiger partial charge in [-0.1, -0.05) is 6.07 Å². The molecule has 1 aromatic carbocycles. The summed E-state index contributed by atoms with van der Waals surface area (Å²) >= 11 is 0. The van der Waals surface area contributed by atoms with E-state index in [0.717, 1.165) is 53.7 Å². The second kappa shape index (κ2) is 9.07. The highest BCUT2D eigenvalue weighted by Gasteiger charge is 2.21. The van der Waals surface area contributed by atoms with Gasteiger partial charge in [0.25, 0.3) is 0 Å². The number of fused-ring (bicyclic) bond motifs is 2. The Morgan fingerprint density at radius 2 is 2.23 bits per heavy atom. The topological polar surface area (TPSA) is 72.2 Å². The molecule has 1 unspecified atom stereocenters. The fraction of sp³-hybridized carbons (Fsp3) is 0.391. The minimum atomic E-state index is 0.215. The largest absolute Gasteiger partial charge is 0.494 e. The van der Waals surface area contributed by atoms with Gasteiger partial charge in [0.1, 0.15) is 23.3 Å². The molecule has 3 aromatic rings. The Balaban J connectivity index is 1.34. The van der Waals surface area contributed by atoms with Crippen molar-refractivity contribution in [3.05, 3.63) is 59.5 Å². The molecule has 0 bridgehead atoms. The summed E-state index contributed by atoms with van der Waals surface area (Å²) in [5.41, 5.74) is 4.29. The van der Waals surface area contributed by atoms with Gasteiger partial charge in [0.2, 0.25) is 0 Å². The number of hydrogen-bond acceptors (Lipinski definition) is 4. The number of benzene rings is 1. The molecule has 0 amide bonds. The van der Waals surface area contributed by atoms with Crippen LogP contribution in [0, 0.1) is 0 Å². The van der Waals surface area contributed by atoms with Crippen LogP contribution in [0.15, 0.2) is 47.7 Å². The molecule has 2 N–H and O–H groups in total. The molecule has 0 radical (unpaired) electrons. The van der Waals surface area contributed by atoms with Crippen molar-refractivity contribution in [1.82, 2.24) is 20.0 Å². The highest BCUT2D eigenvalue weighted by molar-refractivity contribution is 5.79. The Kier molecular flexibility index (Phi) is 6.07. The zero-order valence-corrected chi connectivity index (χ0v) is 17.8. The van der Waals surface area contributed by atoms with E-state index >= 15 is 0 Å². The third-order valence-electron chi connectivity index (χ3n) is 5.14. The van der Waals surface area contributed by atoms with Crippen molar-refractivity contribution in [3.8, 4) is 11.5 Å². The predicted molar refractivity (Wildman–Crippen MR) is 119 cm³/mol. The number of aliphatic imine (C=N–C) groups is 1. The van der Waals surface area contributed by atoms with E-state index in [1.807, 2.05) is 35.7 Å². The molecule has 1 aliphatic rings. The Morgan fingerprint density at radius 1 is 1.33 bits per heavy atom. The lowest BCUT2D eigenvalue weighted by molar-refractivity contribution is 0.254. The van der Waals surface area contributed by atoms with Crippen LogP contribution in [0.3, 0.4) is 0 Å². The molecule has 158 valence electrons. The van der Waals surface area contributed by atoms with E-state index in [9.17, 15) is 0 Å². The van der Waals surface area contributed by atoms with Gasteiger partial charge >= 0.3 is 0 Å². The molecule has 0 aliphatic carbocycles. The van der Waals surface area contributed by atoms with Gasteiger partial charge in [-0.25, -0.2) is 4.98 Å². The van der Waals surface area contributed by atoms with E-state index < -0.39 is 0 Å². The van der Waals surface area contributed by atoms with Gasteiger partial charge in [-0.2, -0.15) is 0 Å². The van der Waals surface area contributed by atoms with Gasteiger partial charge in [-0.15, -0.1) is 0 Å². The fourth-order valence-electron chi connectivity index (χ4n) is 3.73. The lowest BCUT2D eigenvalue weighted by Gasteiger charge is -2.15. The molecule has 2 aromatic heterocycles. The lowest BCUT2D eigenvalue weighted by atomic mass is 10.1. The van der Waals surface area contributed by atoms with Crippen molar-refractivity contribution >= 4 is 11.6 Å². The zero-order valence-electron chi connectivity index (χ0n) is 17.8. The molecule has 0 saturated heterocycles. The minimum Gasteiger partial charge on any atom is -0.494 e. The van der Waals surface area contributed by atoms with Gasteiger partial charge in [0.05, 0.1) is 12.3 Å². The van der Waals surface area contributed by atoms with E-state index in [-0.39, 0.29) is 6.10 Å². The third kappa shape index (κ3) is 4.50.